The summed E-state index contributed by atoms with van der Waals surface area (Å²) in [5, 5.41) is 19.3. The molecule has 0 atom stereocenters. The molecule has 5 heteroatoms. The molecule has 0 aromatic carbocycles. The molecular weight excluding hydrogens is 261 g/mol. The zero-order valence-corrected chi connectivity index (χ0v) is 9.90. The predicted octanol–water partition coefficient (Wildman–Crippen LogP) is -2.72. The van der Waals surface area contributed by atoms with E-state index in [-0.39, 0.29) is 68.1 Å². The van der Waals surface area contributed by atoms with Crippen molar-refractivity contribution in [3.05, 3.63) is 0 Å². The van der Waals surface area contributed by atoms with Gasteiger partial charge in [-0.2, -0.15) is 0 Å². The Morgan fingerprint density at radius 1 is 1.00 bits per heavy atom. The SMILES string of the molecule is O=C([O-])CCCC(=O)[O-].[Ba+2]. The second-order valence-corrected chi connectivity index (χ2v) is 1.60. The van der Waals surface area contributed by atoms with Gasteiger partial charge in [0.25, 0.3) is 0 Å². The van der Waals surface area contributed by atoms with Crippen LogP contribution >= 0.6 is 0 Å². The molecule has 0 fully saturated rings. The number of rotatable bonds is 4. The van der Waals surface area contributed by atoms with Crippen LogP contribution in [0.25, 0.3) is 0 Å². The molecule has 0 radical (unpaired) electrons. The maximum atomic E-state index is 9.66. The van der Waals surface area contributed by atoms with Crippen molar-refractivity contribution in [1.82, 2.24) is 0 Å². The zero-order valence-electron chi connectivity index (χ0n) is 5.46. The molecule has 0 aromatic rings. The number of carbonyl (C=O) groups excluding carboxylic acids is 2. The molecule has 0 heterocycles. The second-order valence-electron chi connectivity index (χ2n) is 1.60. The summed E-state index contributed by atoms with van der Waals surface area (Å²) in [5.41, 5.74) is 0. The Kier molecular flexibility index (Phi) is 10.00. The van der Waals surface area contributed by atoms with E-state index in [0.717, 1.165) is 0 Å². The summed E-state index contributed by atoms with van der Waals surface area (Å²) < 4.78 is 0. The monoisotopic (exact) mass is 268 g/mol. The van der Waals surface area contributed by atoms with Gasteiger partial charge in [0.05, 0.1) is 0 Å². The smallest absolute Gasteiger partial charge is 0.550 e. The fourth-order valence-electron chi connectivity index (χ4n) is 0.377. The summed E-state index contributed by atoms with van der Waals surface area (Å²) in [6.07, 6.45) is -0.341. The van der Waals surface area contributed by atoms with Gasteiger partial charge in [0.15, 0.2) is 0 Å². The first-order valence-electron chi connectivity index (χ1n) is 2.52. The van der Waals surface area contributed by atoms with E-state index < -0.39 is 11.9 Å². The van der Waals surface area contributed by atoms with Crippen molar-refractivity contribution in [2.75, 3.05) is 0 Å². The van der Waals surface area contributed by atoms with Gasteiger partial charge in [-0.1, -0.05) is 0 Å². The number of carboxylic acids is 2. The van der Waals surface area contributed by atoms with Crippen LogP contribution in [-0.4, -0.2) is 60.8 Å². The Morgan fingerprint density at radius 2 is 1.30 bits per heavy atom. The van der Waals surface area contributed by atoms with Crippen molar-refractivity contribution >= 4 is 60.8 Å². The minimum atomic E-state index is -1.23. The van der Waals surface area contributed by atoms with Crippen LogP contribution in [0.15, 0.2) is 0 Å². The summed E-state index contributed by atoms with van der Waals surface area (Å²) in [4.78, 5) is 19.3. The van der Waals surface area contributed by atoms with Gasteiger partial charge in [0.1, 0.15) is 0 Å². The normalized spacial score (nSPS) is 8.00. The third kappa shape index (κ3) is 11.3. The first-order chi connectivity index (χ1) is 4.13. The molecule has 0 aromatic heterocycles. The fraction of sp³-hybridized carbons (Fsp3) is 0.600. The van der Waals surface area contributed by atoms with E-state index in [0.29, 0.717) is 0 Å². The third-order valence-corrected chi connectivity index (χ3v) is 0.762. The van der Waals surface area contributed by atoms with Crippen LogP contribution in [0, 0.1) is 0 Å². The first-order valence-corrected chi connectivity index (χ1v) is 2.52. The van der Waals surface area contributed by atoms with Crippen molar-refractivity contribution in [3.8, 4) is 0 Å². The molecule has 0 amide bonds. The molecule has 0 unspecified atom stereocenters. The summed E-state index contributed by atoms with van der Waals surface area (Å²) >= 11 is 0. The summed E-state index contributed by atoms with van der Waals surface area (Å²) in [7, 11) is 0. The van der Waals surface area contributed by atoms with Crippen molar-refractivity contribution in [2.24, 2.45) is 0 Å². The average Bonchev–Trinajstić information content (AvgIpc) is 1.63. The number of hydrogen-bond acceptors (Lipinski definition) is 4. The van der Waals surface area contributed by atoms with Crippen molar-refractivity contribution < 1.29 is 19.8 Å². The van der Waals surface area contributed by atoms with Crippen LogP contribution in [0.2, 0.25) is 0 Å². The van der Waals surface area contributed by atoms with E-state index in [4.69, 9.17) is 0 Å². The van der Waals surface area contributed by atoms with Crippen molar-refractivity contribution in [1.29, 1.82) is 0 Å². The van der Waals surface area contributed by atoms with Crippen LogP contribution in [0.4, 0.5) is 0 Å². The Labute approximate surface area is 98.7 Å². The van der Waals surface area contributed by atoms with Gasteiger partial charge < -0.3 is 19.8 Å². The summed E-state index contributed by atoms with van der Waals surface area (Å²) in [6, 6.07) is 0. The van der Waals surface area contributed by atoms with Crippen LogP contribution < -0.4 is 10.2 Å². The van der Waals surface area contributed by atoms with E-state index in [1.807, 2.05) is 0 Å². The molecule has 0 aliphatic heterocycles. The van der Waals surface area contributed by atoms with Gasteiger partial charge in [0.2, 0.25) is 0 Å². The molecule has 0 saturated carbocycles. The van der Waals surface area contributed by atoms with E-state index in [2.05, 4.69) is 0 Å². The molecule has 0 aliphatic rings. The molecule has 0 aliphatic carbocycles. The van der Waals surface area contributed by atoms with Crippen LogP contribution in [0.1, 0.15) is 19.3 Å². The van der Waals surface area contributed by atoms with Gasteiger partial charge >= 0.3 is 48.9 Å². The largest absolute Gasteiger partial charge is 2.00 e. The Balaban J connectivity index is 0. The van der Waals surface area contributed by atoms with Crippen LogP contribution in [-0.2, 0) is 9.59 Å². The van der Waals surface area contributed by atoms with Gasteiger partial charge in [-0.05, 0) is 19.3 Å². The van der Waals surface area contributed by atoms with E-state index in [1.165, 1.54) is 0 Å². The third-order valence-electron chi connectivity index (χ3n) is 0.762. The summed E-state index contributed by atoms with van der Waals surface area (Å²) in [6.45, 7) is 0. The molecule has 0 spiro atoms. The topological polar surface area (TPSA) is 80.3 Å². The predicted molar refractivity (Wildman–Crippen MR) is 29.6 cm³/mol. The maximum absolute atomic E-state index is 9.66. The zero-order chi connectivity index (χ0) is 7.28. The standard InChI is InChI=1S/C5H8O4.Ba/c6-4(7)2-1-3-5(8)9;/h1-3H2,(H,6,7)(H,8,9);/q;+2/p-2. The first kappa shape index (κ1) is 13.1. The van der Waals surface area contributed by atoms with Crippen molar-refractivity contribution in [2.45, 2.75) is 19.3 Å². The molecule has 0 N–H and O–H groups in total. The molecule has 4 nitrogen and oxygen atoms in total. The maximum Gasteiger partial charge on any atom is 2.00 e. The Hall–Kier alpha value is 0.511. The fourth-order valence-corrected chi connectivity index (χ4v) is 0.377. The van der Waals surface area contributed by atoms with Crippen LogP contribution in [0.3, 0.4) is 0 Å². The van der Waals surface area contributed by atoms with Crippen molar-refractivity contribution in [3.63, 3.8) is 0 Å². The van der Waals surface area contributed by atoms with E-state index >= 15 is 0 Å². The average molecular weight is 267 g/mol. The number of carboxylic acid groups (broad SMARTS) is 2. The van der Waals surface area contributed by atoms with Crippen LogP contribution in [0.5, 0.6) is 0 Å². The number of aliphatic carboxylic acids is 2. The molecule has 0 bridgehead atoms. The quantitative estimate of drug-likeness (QED) is 0.518. The van der Waals surface area contributed by atoms with Gasteiger partial charge in [-0.15, -0.1) is 0 Å². The second kappa shape index (κ2) is 7.62. The van der Waals surface area contributed by atoms with Gasteiger partial charge in [-0.3, -0.25) is 0 Å². The number of carbonyl (C=O) groups is 2. The van der Waals surface area contributed by atoms with Gasteiger partial charge in [-0.25, -0.2) is 0 Å². The minimum Gasteiger partial charge on any atom is -0.550 e. The molecule has 52 valence electrons. The minimum absolute atomic E-state index is 0. The Bertz CT molecular complexity index is 109. The summed E-state index contributed by atoms with van der Waals surface area (Å²) in [5.74, 6) is -2.45. The molecular formula is C5H6BaO4. The molecule has 10 heavy (non-hydrogen) atoms. The molecule has 0 rings (SSSR count). The Morgan fingerprint density at radius 3 is 1.50 bits per heavy atom. The molecule has 0 saturated heterocycles. The van der Waals surface area contributed by atoms with E-state index in [9.17, 15) is 19.8 Å². The van der Waals surface area contributed by atoms with Gasteiger partial charge in [0, 0.05) is 11.9 Å². The number of hydrogen-bond donors (Lipinski definition) is 0. The van der Waals surface area contributed by atoms with E-state index in [1.54, 1.807) is 0 Å².